The SMILES string of the molecule is O=C(Cc1csc(-c2ccsc2)n1)NC1CCSc2ccc(F)cc21. The van der Waals surface area contributed by atoms with Gasteiger partial charge in [-0.3, -0.25) is 4.79 Å². The summed E-state index contributed by atoms with van der Waals surface area (Å²) < 4.78 is 13.6. The Morgan fingerprint density at radius 1 is 1.32 bits per heavy atom. The Labute approximate surface area is 157 Å². The number of thiophene rings is 1. The summed E-state index contributed by atoms with van der Waals surface area (Å²) in [4.78, 5) is 18.0. The summed E-state index contributed by atoms with van der Waals surface area (Å²) in [6.45, 7) is 0. The number of carbonyl (C=O) groups is 1. The van der Waals surface area contributed by atoms with Crippen molar-refractivity contribution in [1.82, 2.24) is 10.3 Å². The molecule has 0 saturated carbocycles. The predicted molar refractivity (Wildman–Crippen MR) is 102 cm³/mol. The van der Waals surface area contributed by atoms with Gasteiger partial charge in [-0.1, -0.05) is 0 Å². The molecule has 1 amide bonds. The molecule has 25 heavy (non-hydrogen) atoms. The summed E-state index contributed by atoms with van der Waals surface area (Å²) in [6, 6.07) is 6.69. The third-order valence-corrected chi connectivity index (χ3v) is 6.75. The number of thiazole rings is 1. The molecule has 1 unspecified atom stereocenters. The Kier molecular flexibility index (Phi) is 4.87. The highest BCUT2D eigenvalue weighted by molar-refractivity contribution is 7.99. The molecule has 0 spiro atoms. The Morgan fingerprint density at radius 2 is 2.24 bits per heavy atom. The lowest BCUT2D eigenvalue weighted by atomic mass is 10.0. The van der Waals surface area contributed by atoms with Gasteiger partial charge in [0.05, 0.1) is 18.2 Å². The molecule has 128 valence electrons. The normalized spacial score (nSPS) is 16.4. The molecule has 0 bridgehead atoms. The van der Waals surface area contributed by atoms with Crippen molar-refractivity contribution in [2.45, 2.75) is 23.8 Å². The van der Waals surface area contributed by atoms with E-state index in [1.54, 1.807) is 40.5 Å². The maximum absolute atomic E-state index is 13.6. The number of benzene rings is 1. The number of aromatic nitrogens is 1. The van der Waals surface area contributed by atoms with E-state index in [-0.39, 0.29) is 24.2 Å². The number of nitrogens with one attached hydrogen (secondary N) is 1. The molecule has 3 nitrogen and oxygen atoms in total. The van der Waals surface area contributed by atoms with Crippen LogP contribution in [0.2, 0.25) is 0 Å². The molecule has 7 heteroatoms. The quantitative estimate of drug-likeness (QED) is 0.688. The van der Waals surface area contributed by atoms with Crippen LogP contribution < -0.4 is 5.32 Å². The van der Waals surface area contributed by atoms with Crippen molar-refractivity contribution in [3.8, 4) is 10.6 Å². The van der Waals surface area contributed by atoms with Crippen LogP contribution in [0.5, 0.6) is 0 Å². The molecule has 3 heterocycles. The zero-order chi connectivity index (χ0) is 17.2. The van der Waals surface area contributed by atoms with Gasteiger partial charge < -0.3 is 5.32 Å². The van der Waals surface area contributed by atoms with Gasteiger partial charge in [0, 0.05) is 27.0 Å². The smallest absolute Gasteiger partial charge is 0.226 e. The third-order valence-electron chi connectivity index (χ3n) is 4.01. The summed E-state index contributed by atoms with van der Waals surface area (Å²) in [5.74, 6) is 0.581. The first-order chi connectivity index (χ1) is 12.2. The number of rotatable bonds is 4. The van der Waals surface area contributed by atoms with Crippen molar-refractivity contribution < 1.29 is 9.18 Å². The number of thioether (sulfide) groups is 1. The van der Waals surface area contributed by atoms with Crippen LogP contribution in [0.3, 0.4) is 0 Å². The molecule has 2 aromatic heterocycles. The summed E-state index contributed by atoms with van der Waals surface area (Å²) in [7, 11) is 0. The lowest BCUT2D eigenvalue weighted by molar-refractivity contribution is -0.121. The number of hydrogen-bond acceptors (Lipinski definition) is 5. The van der Waals surface area contributed by atoms with E-state index in [4.69, 9.17) is 0 Å². The molecule has 0 fully saturated rings. The topological polar surface area (TPSA) is 42.0 Å². The van der Waals surface area contributed by atoms with E-state index >= 15 is 0 Å². The molecule has 0 saturated heterocycles. The van der Waals surface area contributed by atoms with Gasteiger partial charge in [0.15, 0.2) is 0 Å². The minimum absolute atomic E-state index is 0.0747. The highest BCUT2D eigenvalue weighted by atomic mass is 32.2. The van der Waals surface area contributed by atoms with Crippen LogP contribution in [0.1, 0.15) is 23.7 Å². The molecule has 0 aliphatic carbocycles. The first-order valence-electron chi connectivity index (χ1n) is 7.87. The largest absolute Gasteiger partial charge is 0.349 e. The van der Waals surface area contributed by atoms with Crippen molar-refractivity contribution in [3.05, 3.63) is 57.5 Å². The molecule has 1 aliphatic heterocycles. The van der Waals surface area contributed by atoms with E-state index in [1.165, 1.54) is 12.1 Å². The van der Waals surface area contributed by atoms with E-state index in [9.17, 15) is 9.18 Å². The first-order valence-corrected chi connectivity index (χ1v) is 10.7. The molecule has 1 atom stereocenters. The fraction of sp³-hybridized carbons (Fsp3) is 0.222. The summed E-state index contributed by atoms with van der Waals surface area (Å²) in [6.07, 6.45) is 1.05. The average molecular weight is 391 g/mol. The Morgan fingerprint density at radius 3 is 3.08 bits per heavy atom. The van der Waals surface area contributed by atoms with Gasteiger partial charge >= 0.3 is 0 Å². The zero-order valence-electron chi connectivity index (χ0n) is 13.2. The van der Waals surface area contributed by atoms with Crippen LogP contribution in [0.15, 0.2) is 45.3 Å². The van der Waals surface area contributed by atoms with E-state index in [0.29, 0.717) is 0 Å². The van der Waals surface area contributed by atoms with Crippen LogP contribution in [0.4, 0.5) is 4.39 Å². The van der Waals surface area contributed by atoms with E-state index in [1.807, 2.05) is 22.2 Å². The predicted octanol–water partition coefficient (Wildman–Crippen LogP) is 4.91. The van der Waals surface area contributed by atoms with Crippen LogP contribution in [-0.4, -0.2) is 16.6 Å². The van der Waals surface area contributed by atoms with Crippen LogP contribution in [0, 0.1) is 5.82 Å². The molecular formula is C18H15FN2OS3. The molecular weight excluding hydrogens is 375 g/mol. The van der Waals surface area contributed by atoms with Crippen molar-refractivity contribution >= 4 is 40.3 Å². The molecule has 3 aromatic rings. The highest BCUT2D eigenvalue weighted by Crippen LogP contribution is 2.36. The van der Waals surface area contributed by atoms with Crippen LogP contribution in [-0.2, 0) is 11.2 Å². The monoisotopic (exact) mass is 390 g/mol. The van der Waals surface area contributed by atoms with E-state index in [2.05, 4.69) is 10.3 Å². The van der Waals surface area contributed by atoms with Gasteiger partial charge in [-0.2, -0.15) is 11.3 Å². The second kappa shape index (κ2) is 7.27. The molecule has 1 aromatic carbocycles. The number of fused-ring (bicyclic) bond motifs is 1. The molecule has 1 N–H and O–H groups in total. The zero-order valence-corrected chi connectivity index (χ0v) is 15.6. The van der Waals surface area contributed by atoms with Crippen molar-refractivity contribution in [2.24, 2.45) is 0 Å². The Balaban J connectivity index is 1.44. The second-order valence-corrected chi connectivity index (χ2v) is 8.55. The summed E-state index contributed by atoms with van der Waals surface area (Å²) >= 11 is 4.89. The Bertz CT molecular complexity index is 892. The molecule has 1 aliphatic rings. The van der Waals surface area contributed by atoms with Crippen molar-refractivity contribution in [3.63, 3.8) is 0 Å². The standard InChI is InChI=1S/C18H15FN2OS3/c19-12-1-2-16-14(7-12)15(4-6-24-16)21-17(22)8-13-10-25-18(20-13)11-3-5-23-9-11/h1-3,5,7,9-10,15H,4,6,8H2,(H,21,22). The van der Waals surface area contributed by atoms with Gasteiger partial charge in [0.25, 0.3) is 0 Å². The molecule has 0 radical (unpaired) electrons. The van der Waals surface area contributed by atoms with E-state index in [0.717, 1.165) is 38.9 Å². The lowest BCUT2D eigenvalue weighted by Gasteiger charge is -2.25. The number of nitrogens with zero attached hydrogens (tertiary/aromatic N) is 1. The second-order valence-electron chi connectivity index (χ2n) is 5.77. The average Bonchev–Trinajstić information content (AvgIpc) is 3.26. The van der Waals surface area contributed by atoms with Crippen LogP contribution >= 0.6 is 34.4 Å². The summed E-state index contributed by atoms with van der Waals surface area (Å²) in [5.41, 5.74) is 2.74. The maximum atomic E-state index is 13.6. The van der Waals surface area contributed by atoms with Gasteiger partial charge in [-0.05, 0) is 41.6 Å². The number of hydrogen-bond donors (Lipinski definition) is 1. The minimum Gasteiger partial charge on any atom is -0.349 e. The van der Waals surface area contributed by atoms with Gasteiger partial charge in [0.1, 0.15) is 10.8 Å². The lowest BCUT2D eigenvalue weighted by Crippen LogP contribution is -2.31. The highest BCUT2D eigenvalue weighted by Gasteiger charge is 2.23. The summed E-state index contributed by atoms with van der Waals surface area (Å²) in [5, 5.41) is 9.97. The Hall–Kier alpha value is -1.70. The van der Waals surface area contributed by atoms with Gasteiger partial charge in [0.2, 0.25) is 5.91 Å². The van der Waals surface area contributed by atoms with Crippen LogP contribution in [0.25, 0.3) is 10.6 Å². The van der Waals surface area contributed by atoms with Crippen molar-refractivity contribution in [2.75, 3.05) is 5.75 Å². The minimum atomic E-state index is -0.264. The van der Waals surface area contributed by atoms with Gasteiger partial charge in [-0.25, -0.2) is 9.37 Å². The van der Waals surface area contributed by atoms with Crippen molar-refractivity contribution in [1.29, 1.82) is 0 Å². The fourth-order valence-electron chi connectivity index (χ4n) is 2.83. The number of amides is 1. The molecule has 4 rings (SSSR count). The number of carbonyl (C=O) groups excluding carboxylic acids is 1. The number of halogens is 1. The van der Waals surface area contributed by atoms with E-state index < -0.39 is 0 Å². The third kappa shape index (κ3) is 3.78. The first kappa shape index (κ1) is 16.8. The maximum Gasteiger partial charge on any atom is 0.226 e. The fourth-order valence-corrected chi connectivity index (χ4v) is 5.47. The van der Waals surface area contributed by atoms with Gasteiger partial charge in [-0.15, -0.1) is 23.1 Å².